The summed E-state index contributed by atoms with van der Waals surface area (Å²) in [6.45, 7) is 4.79. The second kappa shape index (κ2) is 7.13. The van der Waals surface area contributed by atoms with Gasteiger partial charge in [0, 0.05) is 11.3 Å². The van der Waals surface area contributed by atoms with Crippen LogP contribution >= 0.6 is 0 Å². The lowest BCUT2D eigenvalue weighted by molar-refractivity contribution is 0.0993. The minimum absolute atomic E-state index is 0.263. The maximum atomic E-state index is 12.5. The average Bonchev–Trinajstić information content (AvgIpc) is 3.38. The number of aromatic amines is 1. The molecule has 1 saturated heterocycles. The van der Waals surface area contributed by atoms with Crippen molar-refractivity contribution in [1.29, 1.82) is 0 Å². The first-order chi connectivity index (χ1) is 12.7. The van der Waals surface area contributed by atoms with E-state index >= 15 is 0 Å². The highest BCUT2D eigenvalue weighted by atomic mass is 16.4. The van der Waals surface area contributed by atoms with Crippen molar-refractivity contribution in [2.45, 2.75) is 26.3 Å². The molecule has 0 radical (unpaired) electrons. The fraction of sp³-hybridized carbons (Fsp3) is 0.316. The molecule has 7 nitrogen and oxygen atoms in total. The van der Waals surface area contributed by atoms with Gasteiger partial charge >= 0.3 is 0 Å². The van der Waals surface area contributed by atoms with Crippen LogP contribution in [-0.2, 0) is 6.54 Å². The van der Waals surface area contributed by atoms with Gasteiger partial charge in [-0.05, 0) is 57.1 Å². The van der Waals surface area contributed by atoms with Crippen LogP contribution in [0, 0.1) is 6.92 Å². The summed E-state index contributed by atoms with van der Waals surface area (Å²) >= 11 is 0. The molecule has 0 saturated carbocycles. The molecule has 2 N–H and O–H groups in total. The van der Waals surface area contributed by atoms with E-state index in [0.717, 1.165) is 36.8 Å². The van der Waals surface area contributed by atoms with Gasteiger partial charge in [0.25, 0.3) is 5.91 Å². The van der Waals surface area contributed by atoms with E-state index in [0.29, 0.717) is 17.3 Å². The third-order valence-electron chi connectivity index (χ3n) is 4.44. The molecule has 3 aromatic rings. The summed E-state index contributed by atoms with van der Waals surface area (Å²) in [5, 5.41) is 9.83. The summed E-state index contributed by atoms with van der Waals surface area (Å²) in [4.78, 5) is 19.1. The number of nitrogens with one attached hydrogen (secondary N) is 2. The number of carbonyl (C=O) groups is 1. The topological polar surface area (TPSA) is 87.1 Å². The van der Waals surface area contributed by atoms with Gasteiger partial charge in [-0.15, -0.1) is 0 Å². The first-order valence-corrected chi connectivity index (χ1v) is 8.79. The molecule has 1 fully saturated rings. The molecule has 0 unspecified atom stereocenters. The van der Waals surface area contributed by atoms with Gasteiger partial charge in [-0.1, -0.05) is 12.1 Å². The summed E-state index contributed by atoms with van der Waals surface area (Å²) in [5.74, 6) is 2.22. The van der Waals surface area contributed by atoms with Crippen LogP contribution in [0.4, 0.5) is 5.69 Å². The lowest BCUT2D eigenvalue weighted by Gasteiger charge is -2.11. The third kappa shape index (κ3) is 3.67. The van der Waals surface area contributed by atoms with Crippen molar-refractivity contribution in [3.8, 4) is 11.4 Å². The van der Waals surface area contributed by atoms with Crippen LogP contribution in [0.5, 0.6) is 0 Å². The number of benzene rings is 1. The minimum Gasteiger partial charge on any atom is -0.455 e. The molecule has 1 aliphatic rings. The third-order valence-corrected chi connectivity index (χ3v) is 4.44. The normalized spacial score (nSPS) is 14.7. The van der Waals surface area contributed by atoms with Crippen molar-refractivity contribution in [1.82, 2.24) is 20.1 Å². The molecular formula is C19H21N5O2. The van der Waals surface area contributed by atoms with Crippen molar-refractivity contribution in [2.24, 2.45) is 0 Å². The lowest BCUT2D eigenvalue weighted by Crippen LogP contribution is -2.18. The minimum atomic E-state index is -0.263. The maximum absolute atomic E-state index is 12.5. The molecule has 2 aromatic heterocycles. The summed E-state index contributed by atoms with van der Waals surface area (Å²) in [6, 6.07) is 11.0. The van der Waals surface area contributed by atoms with Crippen LogP contribution in [0.3, 0.4) is 0 Å². The molecule has 4 rings (SSSR count). The second-order valence-corrected chi connectivity index (χ2v) is 6.53. The number of carbonyl (C=O) groups excluding carboxylic acids is 1. The van der Waals surface area contributed by atoms with Crippen molar-refractivity contribution in [2.75, 3.05) is 18.4 Å². The number of anilines is 1. The fourth-order valence-corrected chi connectivity index (χ4v) is 3.15. The van der Waals surface area contributed by atoms with E-state index in [4.69, 9.17) is 4.42 Å². The van der Waals surface area contributed by atoms with Gasteiger partial charge in [-0.25, -0.2) is 4.98 Å². The largest absolute Gasteiger partial charge is 0.455 e. The van der Waals surface area contributed by atoms with Crippen LogP contribution in [0.2, 0.25) is 0 Å². The van der Waals surface area contributed by atoms with Gasteiger partial charge in [0.1, 0.15) is 11.6 Å². The summed E-state index contributed by atoms with van der Waals surface area (Å²) in [7, 11) is 0. The van der Waals surface area contributed by atoms with Crippen LogP contribution in [0.25, 0.3) is 11.4 Å². The maximum Gasteiger partial charge on any atom is 0.291 e. The lowest BCUT2D eigenvalue weighted by atomic mass is 10.2. The highest BCUT2D eigenvalue weighted by Gasteiger charge is 2.16. The molecular weight excluding hydrogens is 330 g/mol. The number of likely N-dealkylation sites (tertiary alicyclic amines) is 1. The number of H-pyrrole nitrogens is 1. The van der Waals surface area contributed by atoms with E-state index in [1.807, 2.05) is 37.3 Å². The zero-order valence-electron chi connectivity index (χ0n) is 14.7. The van der Waals surface area contributed by atoms with Gasteiger partial charge in [-0.3, -0.25) is 14.8 Å². The van der Waals surface area contributed by atoms with E-state index in [1.54, 1.807) is 6.07 Å². The quantitative estimate of drug-likeness (QED) is 0.737. The van der Waals surface area contributed by atoms with Crippen molar-refractivity contribution >= 4 is 11.6 Å². The van der Waals surface area contributed by atoms with E-state index in [1.165, 1.54) is 12.8 Å². The molecule has 1 aliphatic heterocycles. The van der Waals surface area contributed by atoms with Crippen LogP contribution < -0.4 is 5.32 Å². The van der Waals surface area contributed by atoms with Crippen molar-refractivity contribution < 1.29 is 9.21 Å². The standard InChI is InChI=1S/C19H21N5O2/c1-13-20-18(23-22-13)14-5-4-6-15(11-14)21-19(25)17-8-7-16(26-17)12-24-9-2-3-10-24/h4-8,11H,2-3,9-10,12H2,1H3,(H,21,25)(H,20,22,23). The molecule has 1 aromatic carbocycles. The second-order valence-electron chi connectivity index (χ2n) is 6.53. The zero-order valence-corrected chi connectivity index (χ0v) is 14.7. The zero-order chi connectivity index (χ0) is 17.9. The van der Waals surface area contributed by atoms with E-state index in [9.17, 15) is 4.79 Å². The predicted molar refractivity (Wildman–Crippen MR) is 97.7 cm³/mol. The molecule has 134 valence electrons. The van der Waals surface area contributed by atoms with Crippen LogP contribution in [-0.4, -0.2) is 39.1 Å². The first-order valence-electron chi connectivity index (χ1n) is 8.79. The van der Waals surface area contributed by atoms with Crippen LogP contribution in [0.15, 0.2) is 40.8 Å². The molecule has 0 spiro atoms. The number of furan rings is 1. The van der Waals surface area contributed by atoms with Gasteiger partial charge in [0.15, 0.2) is 11.6 Å². The molecule has 1 amide bonds. The van der Waals surface area contributed by atoms with Gasteiger partial charge in [-0.2, -0.15) is 5.10 Å². The van der Waals surface area contributed by atoms with Crippen LogP contribution in [0.1, 0.15) is 35.0 Å². The Morgan fingerprint density at radius 2 is 2.12 bits per heavy atom. The van der Waals surface area contributed by atoms with Gasteiger partial charge < -0.3 is 9.73 Å². The monoisotopic (exact) mass is 351 g/mol. The highest BCUT2D eigenvalue weighted by molar-refractivity contribution is 6.02. The van der Waals surface area contributed by atoms with E-state index < -0.39 is 0 Å². The SMILES string of the molecule is Cc1nc(-c2cccc(NC(=O)c3ccc(CN4CCCC4)o3)c2)n[nH]1. The van der Waals surface area contributed by atoms with Gasteiger partial charge in [0.05, 0.1) is 6.54 Å². The Labute approximate surface area is 151 Å². The average molecular weight is 351 g/mol. The molecule has 0 bridgehead atoms. The Hall–Kier alpha value is -2.93. The summed E-state index contributed by atoms with van der Waals surface area (Å²) in [6.07, 6.45) is 2.46. The number of hydrogen-bond donors (Lipinski definition) is 2. The first kappa shape index (κ1) is 16.5. The Kier molecular flexibility index (Phi) is 4.53. The highest BCUT2D eigenvalue weighted by Crippen LogP contribution is 2.21. The smallest absolute Gasteiger partial charge is 0.291 e. The van der Waals surface area contributed by atoms with Crippen molar-refractivity contribution in [3.63, 3.8) is 0 Å². The molecule has 7 heteroatoms. The number of rotatable bonds is 5. The molecule has 0 aliphatic carbocycles. The number of hydrogen-bond acceptors (Lipinski definition) is 5. The number of amides is 1. The Bertz CT molecular complexity index is 908. The van der Waals surface area contributed by atoms with E-state index in [-0.39, 0.29) is 5.91 Å². The Balaban J connectivity index is 1.44. The Morgan fingerprint density at radius 1 is 1.27 bits per heavy atom. The Morgan fingerprint density at radius 3 is 2.88 bits per heavy atom. The number of aryl methyl sites for hydroxylation is 1. The van der Waals surface area contributed by atoms with Gasteiger partial charge in [0.2, 0.25) is 0 Å². The number of aromatic nitrogens is 3. The van der Waals surface area contributed by atoms with E-state index in [2.05, 4.69) is 25.4 Å². The molecule has 0 atom stereocenters. The molecule has 26 heavy (non-hydrogen) atoms. The molecule has 3 heterocycles. The summed E-state index contributed by atoms with van der Waals surface area (Å²) in [5.41, 5.74) is 1.51. The number of nitrogens with zero attached hydrogens (tertiary/aromatic N) is 3. The predicted octanol–water partition coefficient (Wildman–Crippen LogP) is 3.22. The van der Waals surface area contributed by atoms with Crippen molar-refractivity contribution in [3.05, 3.63) is 53.7 Å². The summed E-state index contributed by atoms with van der Waals surface area (Å²) < 4.78 is 5.71. The fourth-order valence-electron chi connectivity index (χ4n) is 3.15.